The maximum atomic E-state index is 12.8. The minimum absolute atomic E-state index is 0.000791. The fourth-order valence-corrected chi connectivity index (χ4v) is 4.14. The Bertz CT molecular complexity index is 873. The minimum Gasteiger partial charge on any atom is -0.352 e. The molecule has 1 N–H and O–H groups in total. The lowest BCUT2D eigenvalue weighted by Gasteiger charge is -2.31. The molecule has 0 spiro atoms. The van der Waals surface area contributed by atoms with Crippen LogP contribution >= 0.6 is 11.6 Å². The van der Waals surface area contributed by atoms with Crippen molar-refractivity contribution in [2.24, 2.45) is 5.92 Å². The molecule has 0 unspecified atom stereocenters. The first-order chi connectivity index (χ1) is 15.0. The van der Waals surface area contributed by atoms with E-state index in [9.17, 15) is 9.59 Å². The quantitative estimate of drug-likeness (QED) is 0.662. The second kappa shape index (κ2) is 11.3. The number of piperidine rings is 1. The summed E-state index contributed by atoms with van der Waals surface area (Å²) >= 11 is 5.91. The van der Waals surface area contributed by atoms with E-state index in [0.717, 1.165) is 25.2 Å². The van der Waals surface area contributed by atoms with E-state index in [2.05, 4.69) is 42.3 Å². The van der Waals surface area contributed by atoms with Crippen LogP contribution in [0.4, 0.5) is 0 Å². The summed E-state index contributed by atoms with van der Waals surface area (Å²) in [6.45, 7) is 8.96. The molecule has 1 fully saturated rings. The zero-order valence-corrected chi connectivity index (χ0v) is 19.2. The molecule has 0 aromatic heterocycles. The molecule has 2 aromatic carbocycles. The van der Waals surface area contributed by atoms with Crippen molar-refractivity contribution >= 4 is 23.4 Å². The number of nitrogens with one attached hydrogen (secondary N) is 1. The highest BCUT2D eigenvalue weighted by atomic mass is 35.5. The maximum absolute atomic E-state index is 12.8. The number of carbonyl (C=O) groups excluding carboxylic acids is 2. The third-order valence-electron chi connectivity index (χ3n) is 6.10. The minimum atomic E-state index is -0.0517. The maximum Gasteiger partial charge on any atom is 0.253 e. The van der Waals surface area contributed by atoms with Gasteiger partial charge >= 0.3 is 0 Å². The third kappa shape index (κ3) is 6.31. The van der Waals surface area contributed by atoms with E-state index < -0.39 is 0 Å². The van der Waals surface area contributed by atoms with Gasteiger partial charge in [0.15, 0.2) is 0 Å². The first-order valence-corrected chi connectivity index (χ1v) is 11.5. The van der Waals surface area contributed by atoms with Gasteiger partial charge < -0.3 is 10.2 Å². The van der Waals surface area contributed by atoms with Gasteiger partial charge in [-0.05, 0) is 61.3 Å². The number of benzene rings is 2. The Balaban J connectivity index is 1.51. The zero-order chi connectivity index (χ0) is 22.2. The molecular formula is C25H32ClN3O2. The highest BCUT2D eigenvalue weighted by Gasteiger charge is 2.27. The summed E-state index contributed by atoms with van der Waals surface area (Å²) in [7, 11) is 0. The van der Waals surface area contributed by atoms with Crippen molar-refractivity contribution in [1.82, 2.24) is 15.1 Å². The van der Waals surface area contributed by atoms with Crippen LogP contribution in [0.25, 0.3) is 0 Å². The lowest BCUT2D eigenvalue weighted by molar-refractivity contribution is -0.126. The molecule has 2 aromatic rings. The van der Waals surface area contributed by atoms with Gasteiger partial charge in [-0.1, -0.05) is 49.7 Å². The molecule has 31 heavy (non-hydrogen) atoms. The van der Waals surface area contributed by atoms with Crippen molar-refractivity contribution in [2.45, 2.75) is 39.8 Å². The largest absolute Gasteiger partial charge is 0.352 e. The molecule has 3 rings (SSSR count). The molecule has 166 valence electrons. The number of nitrogens with zero attached hydrogens (tertiary/aromatic N) is 2. The van der Waals surface area contributed by atoms with Gasteiger partial charge in [-0.25, -0.2) is 0 Å². The lowest BCUT2D eigenvalue weighted by atomic mass is 9.95. The second-order valence-corrected chi connectivity index (χ2v) is 8.46. The van der Waals surface area contributed by atoms with Gasteiger partial charge in [0, 0.05) is 42.7 Å². The Morgan fingerprint density at radius 3 is 2.23 bits per heavy atom. The SMILES string of the molecule is CCN(CC)Cc1ccccc1CNC(=O)C1CCN(C(=O)c2ccc(Cl)cc2)CC1. The predicted molar refractivity (Wildman–Crippen MR) is 125 cm³/mol. The molecule has 1 aliphatic heterocycles. The van der Waals surface area contributed by atoms with Crippen molar-refractivity contribution in [3.05, 3.63) is 70.2 Å². The highest BCUT2D eigenvalue weighted by molar-refractivity contribution is 6.30. The molecule has 1 aliphatic rings. The van der Waals surface area contributed by atoms with Crippen LogP contribution in [0, 0.1) is 5.92 Å². The van der Waals surface area contributed by atoms with Crippen LogP contribution in [0.15, 0.2) is 48.5 Å². The summed E-state index contributed by atoms with van der Waals surface area (Å²) in [5.41, 5.74) is 3.06. The van der Waals surface area contributed by atoms with Crippen LogP contribution < -0.4 is 5.32 Å². The predicted octanol–water partition coefficient (Wildman–Crippen LogP) is 4.35. The monoisotopic (exact) mass is 441 g/mol. The average molecular weight is 442 g/mol. The first-order valence-electron chi connectivity index (χ1n) is 11.1. The fourth-order valence-electron chi connectivity index (χ4n) is 4.02. The molecule has 5 nitrogen and oxygen atoms in total. The van der Waals surface area contributed by atoms with Gasteiger partial charge in [-0.3, -0.25) is 14.5 Å². The molecule has 0 saturated carbocycles. The smallest absolute Gasteiger partial charge is 0.253 e. The van der Waals surface area contributed by atoms with E-state index >= 15 is 0 Å². The van der Waals surface area contributed by atoms with Gasteiger partial charge in [0.2, 0.25) is 5.91 Å². The van der Waals surface area contributed by atoms with Crippen molar-refractivity contribution in [3.63, 3.8) is 0 Å². The molecule has 0 radical (unpaired) electrons. The Hall–Kier alpha value is -2.37. The molecule has 6 heteroatoms. The fraction of sp³-hybridized carbons (Fsp3) is 0.440. The number of halogens is 1. The number of hydrogen-bond donors (Lipinski definition) is 1. The number of likely N-dealkylation sites (tertiary alicyclic amines) is 1. The van der Waals surface area contributed by atoms with Crippen LogP contribution in [0.1, 0.15) is 48.2 Å². The van der Waals surface area contributed by atoms with E-state index in [1.54, 1.807) is 24.3 Å². The summed E-state index contributed by atoms with van der Waals surface area (Å²) in [5.74, 6) is 0.0290. The zero-order valence-electron chi connectivity index (χ0n) is 18.4. The lowest BCUT2D eigenvalue weighted by Crippen LogP contribution is -2.43. The number of carbonyl (C=O) groups is 2. The Kier molecular flexibility index (Phi) is 8.50. The van der Waals surface area contributed by atoms with E-state index in [4.69, 9.17) is 11.6 Å². The van der Waals surface area contributed by atoms with Gasteiger partial charge in [0.1, 0.15) is 0 Å². The van der Waals surface area contributed by atoms with Gasteiger partial charge in [-0.2, -0.15) is 0 Å². The molecule has 2 amide bonds. The molecule has 0 atom stereocenters. The number of rotatable bonds is 8. The summed E-state index contributed by atoms with van der Waals surface area (Å²) in [6, 6.07) is 15.3. The van der Waals surface area contributed by atoms with Crippen molar-refractivity contribution in [2.75, 3.05) is 26.2 Å². The van der Waals surface area contributed by atoms with Crippen LogP contribution in [-0.2, 0) is 17.9 Å². The summed E-state index contributed by atoms with van der Waals surface area (Å²) in [6.07, 6.45) is 1.37. The van der Waals surface area contributed by atoms with Gasteiger partial charge in [0.25, 0.3) is 5.91 Å². The molecule has 1 heterocycles. The van der Waals surface area contributed by atoms with Crippen LogP contribution in [0.3, 0.4) is 0 Å². The van der Waals surface area contributed by atoms with Crippen LogP contribution in [0.5, 0.6) is 0 Å². The highest BCUT2D eigenvalue weighted by Crippen LogP contribution is 2.21. The first kappa shape index (κ1) is 23.3. The second-order valence-electron chi connectivity index (χ2n) is 8.02. The molecule has 1 saturated heterocycles. The normalized spacial score (nSPS) is 14.6. The van der Waals surface area contributed by atoms with Crippen molar-refractivity contribution < 1.29 is 9.59 Å². The van der Waals surface area contributed by atoms with E-state index in [0.29, 0.717) is 43.1 Å². The summed E-state index contributed by atoms with van der Waals surface area (Å²) in [4.78, 5) is 29.6. The Morgan fingerprint density at radius 1 is 1.00 bits per heavy atom. The Morgan fingerprint density at radius 2 is 1.61 bits per heavy atom. The van der Waals surface area contributed by atoms with Crippen molar-refractivity contribution in [1.29, 1.82) is 0 Å². The third-order valence-corrected chi connectivity index (χ3v) is 6.36. The number of amides is 2. The Labute approximate surface area is 190 Å². The van der Waals surface area contributed by atoms with Crippen LogP contribution in [-0.4, -0.2) is 47.8 Å². The van der Waals surface area contributed by atoms with Gasteiger partial charge in [-0.15, -0.1) is 0 Å². The van der Waals surface area contributed by atoms with E-state index in [-0.39, 0.29) is 17.7 Å². The van der Waals surface area contributed by atoms with Crippen molar-refractivity contribution in [3.8, 4) is 0 Å². The topological polar surface area (TPSA) is 52.7 Å². The van der Waals surface area contributed by atoms with E-state index in [1.807, 2.05) is 11.0 Å². The molecule has 0 aliphatic carbocycles. The number of hydrogen-bond acceptors (Lipinski definition) is 3. The van der Waals surface area contributed by atoms with E-state index in [1.165, 1.54) is 5.56 Å². The van der Waals surface area contributed by atoms with Crippen LogP contribution in [0.2, 0.25) is 5.02 Å². The average Bonchev–Trinajstić information content (AvgIpc) is 2.81. The molecule has 0 bridgehead atoms. The standard InChI is InChI=1S/C25H32ClN3O2/c1-3-28(4-2)18-22-8-6-5-7-21(22)17-27-24(30)19-13-15-29(16-14-19)25(31)20-9-11-23(26)12-10-20/h5-12,19H,3-4,13-18H2,1-2H3,(H,27,30). The summed E-state index contributed by atoms with van der Waals surface area (Å²) < 4.78 is 0. The molecular weight excluding hydrogens is 410 g/mol. The summed E-state index contributed by atoms with van der Waals surface area (Å²) in [5, 5.41) is 3.74. The van der Waals surface area contributed by atoms with Gasteiger partial charge in [0.05, 0.1) is 0 Å².